The Morgan fingerprint density at radius 2 is 1.66 bits per heavy atom. The van der Waals surface area contributed by atoms with Crippen LogP contribution in [0.25, 0.3) is 0 Å². The molecule has 1 aliphatic carbocycles. The van der Waals surface area contributed by atoms with Crippen molar-refractivity contribution < 1.29 is 33.3 Å². The Bertz CT molecular complexity index is 1980. The number of Topliss-reactive ketones (excluding diaryl/α,β-unsaturated/α-hetero) is 2. The lowest BCUT2D eigenvalue weighted by Crippen LogP contribution is -2.58. The summed E-state index contributed by atoms with van der Waals surface area (Å²) in [4.78, 5) is 56.2. The number of hydrogen-bond donors (Lipinski definition) is 1. The molecular weight excluding hydrogens is 594 g/mol. The molecule has 0 amide bonds. The predicted molar refractivity (Wildman–Crippen MR) is 158 cm³/mol. The van der Waals surface area contributed by atoms with Crippen LogP contribution in [0.15, 0.2) is 45.1 Å². The molecule has 0 fully saturated rings. The molecule has 0 bridgehead atoms. The zero-order chi connectivity index (χ0) is 31.2. The molecular formula is C31H28ClN3O9. The quantitative estimate of drug-likeness (QED) is 0.435. The number of hydrogen-bond acceptors (Lipinski definition) is 10. The summed E-state index contributed by atoms with van der Waals surface area (Å²) in [5.41, 5.74) is -1.71. The molecule has 1 aromatic heterocycles. The lowest BCUT2D eigenvalue weighted by atomic mass is 9.66. The van der Waals surface area contributed by atoms with E-state index < -0.39 is 40.3 Å². The van der Waals surface area contributed by atoms with Gasteiger partial charge in [0.15, 0.2) is 17.2 Å². The van der Waals surface area contributed by atoms with Crippen LogP contribution in [-0.2, 0) is 18.9 Å². The van der Waals surface area contributed by atoms with Gasteiger partial charge in [-0.1, -0.05) is 24.6 Å². The number of halogens is 1. The molecule has 3 aromatic rings. The minimum absolute atomic E-state index is 0.00419. The first-order valence-corrected chi connectivity index (χ1v) is 14.4. The first-order chi connectivity index (χ1) is 21.0. The van der Waals surface area contributed by atoms with Crippen LogP contribution >= 0.6 is 11.6 Å². The van der Waals surface area contributed by atoms with E-state index in [4.69, 9.17) is 35.3 Å². The molecule has 3 aliphatic heterocycles. The van der Waals surface area contributed by atoms with Crippen LogP contribution in [0.5, 0.6) is 28.7 Å². The summed E-state index contributed by atoms with van der Waals surface area (Å²) < 4.78 is 31.1. The predicted octanol–water partition coefficient (Wildman–Crippen LogP) is 2.96. The molecule has 4 aliphatic rings. The minimum atomic E-state index is -2.00. The fraction of sp³-hybridized carbons (Fsp3) is 0.355. The van der Waals surface area contributed by atoms with Gasteiger partial charge < -0.3 is 29.0 Å². The van der Waals surface area contributed by atoms with Crippen LogP contribution < -0.4 is 40.3 Å². The van der Waals surface area contributed by atoms with Crippen molar-refractivity contribution >= 4 is 29.0 Å². The normalized spacial score (nSPS) is 23.0. The Balaban J connectivity index is 1.47. The van der Waals surface area contributed by atoms with Crippen LogP contribution in [0, 0.1) is 5.92 Å². The van der Waals surface area contributed by atoms with Gasteiger partial charge in [0.1, 0.15) is 41.1 Å². The van der Waals surface area contributed by atoms with E-state index in [-0.39, 0.29) is 51.2 Å². The number of carbonyl (C=O) groups excluding carboxylic acids is 2. The molecule has 0 saturated heterocycles. The fourth-order valence-electron chi connectivity index (χ4n) is 6.76. The lowest BCUT2D eigenvalue weighted by Gasteiger charge is -2.42. The van der Waals surface area contributed by atoms with Crippen molar-refractivity contribution in [3.63, 3.8) is 0 Å². The van der Waals surface area contributed by atoms with E-state index >= 15 is 0 Å². The number of nitrogens with zero attached hydrogens (tertiary/aromatic N) is 2. The molecule has 1 N–H and O–H groups in total. The van der Waals surface area contributed by atoms with Gasteiger partial charge in [0.2, 0.25) is 17.2 Å². The van der Waals surface area contributed by atoms with E-state index in [2.05, 4.69) is 5.32 Å². The number of allylic oxidation sites excluding steroid dienone is 1. The second kappa shape index (κ2) is 9.65. The van der Waals surface area contributed by atoms with E-state index in [1.54, 1.807) is 32.2 Å². The molecule has 0 radical (unpaired) electrons. The number of benzene rings is 2. The maximum absolute atomic E-state index is 15.0. The van der Waals surface area contributed by atoms with Gasteiger partial charge in [-0.2, -0.15) is 0 Å². The van der Waals surface area contributed by atoms with Crippen molar-refractivity contribution in [3.05, 3.63) is 78.1 Å². The first kappa shape index (κ1) is 28.1. The molecule has 228 valence electrons. The molecule has 4 heterocycles. The highest BCUT2D eigenvalue weighted by Gasteiger charge is 2.63. The molecule has 44 heavy (non-hydrogen) atoms. The van der Waals surface area contributed by atoms with Crippen LogP contribution in [-0.4, -0.2) is 53.7 Å². The molecule has 12 nitrogen and oxygen atoms in total. The average molecular weight is 622 g/mol. The van der Waals surface area contributed by atoms with E-state index in [0.29, 0.717) is 36.0 Å². The number of ketones is 2. The Morgan fingerprint density at radius 3 is 2.36 bits per heavy atom. The van der Waals surface area contributed by atoms with Gasteiger partial charge in [-0.3, -0.25) is 23.5 Å². The summed E-state index contributed by atoms with van der Waals surface area (Å²) in [5.74, 6) is -1.27. The van der Waals surface area contributed by atoms with Crippen LogP contribution in [0.4, 0.5) is 5.82 Å². The zero-order valence-corrected chi connectivity index (χ0v) is 25.3. The fourth-order valence-corrected chi connectivity index (χ4v) is 7.03. The summed E-state index contributed by atoms with van der Waals surface area (Å²) in [6, 6.07) is 6.66. The van der Waals surface area contributed by atoms with Gasteiger partial charge in [0.25, 0.3) is 5.56 Å². The van der Waals surface area contributed by atoms with Gasteiger partial charge in [-0.15, -0.1) is 0 Å². The van der Waals surface area contributed by atoms with Crippen molar-refractivity contribution in [1.29, 1.82) is 0 Å². The van der Waals surface area contributed by atoms with Crippen molar-refractivity contribution in [3.8, 4) is 28.7 Å². The van der Waals surface area contributed by atoms with Crippen molar-refractivity contribution in [2.45, 2.75) is 24.9 Å². The molecule has 0 saturated carbocycles. The third-order valence-electron chi connectivity index (χ3n) is 8.98. The van der Waals surface area contributed by atoms with Gasteiger partial charge in [-0.05, 0) is 24.1 Å². The Labute approximate surface area is 255 Å². The van der Waals surface area contributed by atoms with Gasteiger partial charge in [0, 0.05) is 43.3 Å². The topological polar surface area (TPSA) is 136 Å². The zero-order valence-electron chi connectivity index (χ0n) is 24.5. The number of nitrogens with one attached hydrogen (secondary N) is 1. The van der Waals surface area contributed by atoms with E-state index in [9.17, 15) is 19.2 Å². The van der Waals surface area contributed by atoms with Gasteiger partial charge in [0.05, 0.1) is 19.8 Å². The van der Waals surface area contributed by atoms with Crippen LogP contribution in [0.2, 0.25) is 5.02 Å². The Kier molecular flexibility index (Phi) is 6.16. The Hall–Kier alpha value is -4.71. The van der Waals surface area contributed by atoms with Gasteiger partial charge in [-0.25, -0.2) is 4.79 Å². The number of fused-ring (bicyclic) bond motifs is 3. The summed E-state index contributed by atoms with van der Waals surface area (Å²) in [5, 5.41) is 3.24. The molecule has 7 rings (SSSR count). The van der Waals surface area contributed by atoms with Crippen LogP contribution in [0.1, 0.15) is 40.7 Å². The highest BCUT2D eigenvalue weighted by molar-refractivity contribution is 6.36. The second-order valence-corrected chi connectivity index (χ2v) is 11.6. The van der Waals surface area contributed by atoms with Crippen LogP contribution in [0.3, 0.4) is 0 Å². The Morgan fingerprint density at radius 1 is 0.955 bits per heavy atom. The maximum atomic E-state index is 15.0. The summed E-state index contributed by atoms with van der Waals surface area (Å²) in [6.45, 7) is 2.45. The minimum Gasteiger partial charge on any atom is -0.496 e. The molecule has 1 spiro atoms. The van der Waals surface area contributed by atoms with Gasteiger partial charge >= 0.3 is 5.69 Å². The van der Waals surface area contributed by atoms with E-state index in [1.165, 1.54) is 31.9 Å². The third-order valence-corrected chi connectivity index (χ3v) is 9.33. The smallest absolute Gasteiger partial charge is 0.332 e. The number of aromatic nitrogens is 2. The number of rotatable bonds is 3. The summed E-state index contributed by atoms with van der Waals surface area (Å²) in [7, 11) is 5.75. The van der Waals surface area contributed by atoms with E-state index in [1.807, 2.05) is 0 Å². The number of anilines is 1. The highest BCUT2D eigenvalue weighted by atomic mass is 35.5. The lowest BCUT2D eigenvalue weighted by molar-refractivity contribution is -0.130. The maximum Gasteiger partial charge on any atom is 0.332 e. The molecule has 2 aromatic carbocycles. The molecule has 3 atom stereocenters. The second-order valence-electron chi connectivity index (χ2n) is 11.2. The summed E-state index contributed by atoms with van der Waals surface area (Å²) >= 11 is 6.62. The SMILES string of the molecule is COc1cc(OC)c2c(c1Cl)O[C@@]1(C(=O)C3=C(C[C@H]1C)Nc1c(c(=O)n(C)c(=O)n1C)[C@H]3c1ccc3c(c1)OCCO3)C2=O. The third kappa shape index (κ3) is 3.51. The van der Waals surface area contributed by atoms with Crippen molar-refractivity contribution in [1.82, 2.24) is 9.13 Å². The van der Waals surface area contributed by atoms with Crippen molar-refractivity contribution in [2.24, 2.45) is 20.0 Å². The molecule has 13 heteroatoms. The summed E-state index contributed by atoms with van der Waals surface area (Å²) in [6.07, 6.45) is 0.182. The highest BCUT2D eigenvalue weighted by Crippen LogP contribution is 2.56. The number of ether oxygens (including phenoxy) is 5. The number of methoxy groups -OCH3 is 2. The average Bonchev–Trinajstić information content (AvgIpc) is 3.35. The first-order valence-electron chi connectivity index (χ1n) is 14.0. The standard InChI is InChI=1S/C31H28ClN3O9/c1-13-10-15-21(26(36)31(13)27(37)22-18(40-4)12-19(41-5)24(32)25(22)44-31)20(14-6-7-16-17(11-14)43-9-8-42-16)23-28(33-15)34(2)30(39)35(3)29(23)38/h6-7,11-13,20,33H,8-10H2,1-5H3/t13-,20+,31+/m1/s1. The largest absolute Gasteiger partial charge is 0.496 e. The van der Waals surface area contributed by atoms with E-state index in [0.717, 1.165) is 4.57 Å². The number of carbonyl (C=O) groups is 2. The van der Waals surface area contributed by atoms with Crippen molar-refractivity contribution in [2.75, 3.05) is 32.8 Å². The monoisotopic (exact) mass is 621 g/mol. The molecule has 0 unspecified atom stereocenters.